The van der Waals surface area contributed by atoms with Gasteiger partial charge in [0.1, 0.15) is 0 Å². The van der Waals surface area contributed by atoms with Gasteiger partial charge in [0, 0.05) is 14.2 Å². The van der Waals surface area contributed by atoms with E-state index in [1.807, 2.05) is 0 Å². The second-order valence-electron chi connectivity index (χ2n) is 1.83. The van der Waals surface area contributed by atoms with Crippen LogP contribution in [0.25, 0.3) is 0 Å². The van der Waals surface area contributed by atoms with E-state index in [-0.39, 0.29) is 13.2 Å². The summed E-state index contributed by atoms with van der Waals surface area (Å²) in [5.41, 5.74) is 0. The van der Waals surface area contributed by atoms with Crippen LogP contribution in [-0.2, 0) is 14.2 Å². The Morgan fingerprint density at radius 3 is 1.55 bits per heavy atom. The average Bonchev–Trinajstić information content (AvgIpc) is 2.07. The smallest absolute Gasteiger partial charge is 0.183 e. The standard InChI is InChI=1S/C6H14O5/c1-9-5(3-7)11-6(4-8)10-2/h5-8H,3-4H2,1-2H3. The second-order valence-corrected chi connectivity index (χ2v) is 1.83. The molecule has 0 aliphatic rings. The summed E-state index contributed by atoms with van der Waals surface area (Å²) < 4.78 is 14.2. The minimum atomic E-state index is -0.743. The van der Waals surface area contributed by atoms with Crippen LogP contribution in [0.3, 0.4) is 0 Å². The van der Waals surface area contributed by atoms with E-state index in [0.29, 0.717) is 0 Å². The zero-order valence-electron chi connectivity index (χ0n) is 6.69. The van der Waals surface area contributed by atoms with Crippen molar-refractivity contribution < 1.29 is 24.4 Å². The van der Waals surface area contributed by atoms with Gasteiger partial charge in [-0.1, -0.05) is 0 Å². The molecule has 5 nitrogen and oxygen atoms in total. The summed E-state index contributed by atoms with van der Waals surface area (Å²) in [6.07, 6.45) is -1.49. The number of aliphatic hydroxyl groups excluding tert-OH is 2. The summed E-state index contributed by atoms with van der Waals surface area (Å²) in [5, 5.41) is 17.2. The molecule has 0 bridgehead atoms. The van der Waals surface area contributed by atoms with Crippen molar-refractivity contribution in [1.82, 2.24) is 0 Å². The van der Waals surface area contributed by atoms with Crippen LogP contribution in [0, 0.1) is 0 Å². The quantitative estimate of drug-likeness (QED) is 0.492. The molecule has 0 fully saturated rings. The summed E-state index contributed by atoms with van der Waals surface area (Å²) in [7, 11) is 2.79. The van der Waals surface area contributed by atoms with E-state index in [1.165, 1.54) is 14.2 Å². The molecular formula is C6H14O5. The third-order valence-electron chi connectivity index (χ3n) is 1.13. The van der Waals surface area contributed by atoms with Gasteiger partial charge in [-0.15, -0.1) is 0 Å². The first kappa shape index (κ1) is 10.8. The summed E-state index contributed by atoms with van der Waals surface area (Å²) >= 11 is 0. The number of methoxy groups -OCH3 is 2. The largest absolute Gasteiger partial charge is 0.391 e. The van der Waals surface area contributed by atoms with E-state index < -0.39 is 12.6 Å². The molecule has 0 aromatic heterocycles. The minimum absolute atomic E-state index is 0.267. The monoisotopic (exact) mass is 166 g/mol. The maximum absolute atomic E-state index is 8.58. The van der Waals surface area contributed by atoms with Crippen molar-refractivity contribution in [2.24, 2.45) is 0 Å². The molecule has 5 heteroatoms. The van der Waals surface area contributed by atoms with Gasteiger partial charge in [-0.25, -0.2) is 0 Å². The first-order valence-electron chi connectivity index (χ1n) is 3.21. The second kappa shape index (κ2) is 6.51. The normalized spacial score (nSPS) is 16.4. The van der Waals surface area contributed by atoms with Crippen LogP contribution in [0.2, 0.25) is 0 Å². The van der Waals surface area contributed by atoms with Gasteiger partial charge < -0.3 is 24.4 Å². The molecule has 0 saturated carbocycles. The molecule has 0 heterocycles. The molecule has 2 N–H and O–H groups in total. The number of hydrogen-bond acceptors (Lipinski definition) is 5. The highest BCUT2D eigenvalue weighted by atomic mass is 16.8. The van der Waals surface area contributed by atoms with Crippen LogP contribution in [0.4, 0.5) is 0 Å². The first-order chi connectivity index (χ1) is 5.28. The molecule has 0 saturated heterocycles. The molecule has 0 aliphatic heterocycles. The summed E-state index contributed by atoms with van der Waals surface area (Å²) in [4.78, 5) is 0. The predicted molar refractivity (Wildman–Crippen MR) is 36.9 cm³/mol. The maximum Gasteiger partial charge on any atom is 0.183 e. The molecule has 68 valence electrons. The molecule has 0 spiro atoms. The van der Waals surface area contributed by atoms with Crippen LogP contribution < -0.4 is 0 Å². The summed E-state index contributed by atoms with van der Waals surface area (Å²) in [6.45, 7) is -0.535. The van der Waals surface area contributed by atoms with Crippen LogP contribution in [-0.4, -0.2) is 50.2 Å². The van der Waals surface area contributed by atoms with Crippen molar-refractivity contribution in [1.29, 1.82) is 0 Å². The molecule has 0 radical (unpaired) electrons. The van der Waals surface area contributed by atoms with Crippen molar-refractivity contribution in [2.75, 3.05) is 27.4 Å². The Kier molecular flexibility index (Phi) is 6.39. The average molecular weight is 166 g/mol. The third kappa shape index (κ3) is 4.28. The van der Waals surface area contributed by atoms with Gasteiger partial charge in [0.25, 0.3) is 0 Å². The van der Waals surface area contributed by atoms with Gasteiger partial charge >= 0.3 is 0 Å². The third-order valence-corrected chi connectivity index (χ3v) is 1.13. The first-order valence-corrected chi connectivity index (χ1v) is 3.21. The molecule has 0 aromatic rings. The lowest BCUT2D eigenvalue weighted by molar-refractivity contribution is -0.248. The Labute approximate surface area is 65.5 Å². The maximum atomic E-state index is 8.58. The molecule has 2 unspecified atom stereocenters. The summed E-state index contributed by atoms with van der Waals surface area (Å²) in [6, 6.07) is 0. The lowest BCUT2D eigenvalue weighted by Gasteiger charge is -2.19. The molecular weight excluding hydrogens is 152 g/mol. The van der Waals surface area contributed by atoms with Gasteiger partial charge in [0.05, 0.1) is 13.2 Å². The van der Waals surface area contributed by atoms with E-state index in [0.717, 1.165) is 0 Å². The molecule has 11 heavy (non-hydrogen) atoms. The Balaban J connectivity index is 3.58. The molecule has 2 atom stereocenters. The number of rotatable bonds is 6. The van der Waals surface area contributed by atoms with E-state index in [9.17, 15) is 0 Å². The molecule has 0 aromatic carbocycles. The van der Waals surface area contributed by atoms with Gasteiger partial charge in [0.2, 0.25) is 0 Å². The van der Waals surface area contributed by atoms with E-state index in [1.54, 1.807) is 0 Å². The minimum Gasteiger partial charge on any atom is -0.391 e. The highest BCUT2D eigenvalue weighted by Gasteiger charge is 2.13. The molecule has 0 rings (SSSR count). The van der Waals surface area contributed by atoms with Gasteiger partial charge in [-0.3, -0.25) is 0 Å². The Hall–Kier alpha value is -0.200. The van der Waals surface area contributed by atoms with Gasteiger partial charge in [-0.05, 0) is 0 Å². The Morgan fingerprint density at radius 1 is 1.00 bits per heavy atom. The lowest BCUT2D eigenvalue weighted by atomic mass is 10.6. The van der Waals surface area contributed by atoms with Crippen LogP contribution in [0.1, 0.15) is 0 Å². The van der Waals surface area contributed by atoms with Crippen LogP contribution >= 0.6 is 0 Å². The van der Waals surface area contributed by atoms with Crippen LogP contribution in [0.15, 0.2) is 0 Å². The summed E-state index contributed by atoms with van der Waals surface area (Å²) in [5.74, 6) is 0. The lowest BCUT2D eigenvalue weighted by Crippen LogP contribution is -2.30. The number of aliphatic hydroxyl groups is 2. The Bertz CT molecular complexity index is 69.0. The van der Waals surface area contributed by atoms with Crippen molar-refractivity contribution in [3.63, 3.8) is 0 Å². The number of ether oxygens (including phenoxy) is 3. The fourth-order valence-corrected chi connectivity index (χ4v) is 0.516. The van der Waals surface area contributed by atoms with Crippen molar-refractivity contribution in [2.45, 2.75) is 12.6 Å². The van der Waals surface area contributed by atoms with E-state index in [4.69, 9.17) is 14.9 Å². The fourth-order valence-electron chi connectivity index (χ4n) is 0.516. The van der Waals surface area contributed by atoms with E-state index >= 15 is 0 Å². The molecule has 0 amide bonds. The number of hydrogen-bond donors (Lipinski definition) is 2. The van der Waals surface area contributed by atoms with E-state index in [2.05, 4.69) is 9.47 Å². The highest BCUT2D eigenvalue weighted by molar-refractivity contribution is 4.42. The topological polar surface area (TPSA) is 68.2 Å². The van der Waals surface area contributed by atoms with Crippen molar-refractivity contribution >= 4 is 0 Å². The molecule has 0 aliphatic carbocycles. The van der Waals surface area contributed by atoms with Crippen molar-refractivity contribution in [3.05, 3.63) is 0 Å². The Morgan fingerprint density at radius 2 is 1.36 bits per heavy atom. The highest BCUT2D eigenvalue weighted by Crippen LogP contribution is 1.98. The van der Waals surface area contributed by atoms with Crippen LogP contribution in [0.5, 0.6) is 0 Å². The SMILES string of the molecule is COC(CO)OC(CO)OC. The van der Waals surface area contributed by atoms with Crippen molar-refractivity contribution in [3.8, 4) is 0 Å². The zero-order valence-corrected chi connectivity index (χ0v) is 6.69. The predicted octanol–water partition coefficient (Wildman–Crippen LogP) is -1.07. The van der Waals surface area contributed by atoms with Gasteiger partial charge in [-0.2, -0.15) is 0 Å². The fraction of sp³-hybridized carbons (Fsp3) is 1.00. The zero-order chi connectivity index (χ0) is 8.69. The van der Waals surface area contributed by atoms with Gasteiger partial charge in [0.15, 0.2) is 12.6 Å².